The molecule has 1 saturated carbocycles. The summed E-state index contributed by atoms with van der Waals surface area (Å²) in [6.07, 6.45) is 8.56. The number of aliphatic carboxylic acids is 1. The molecule has 1 atom stereocenters. The van der Waals surface area contributed by atoms with E-state index in [4.69, 9.17) is 0 Å². The van der Waals surface area contributed by atoms with Crippen molar-refractivity contribution in [3.8, 4) is 0 Å². The highest BCUT2D eigenvalue weighted by atomic mass is 16.4. The molecule has 5 heteroatoms. The van der Waals surface area contributed by atoms with E-state index < -0.39 is 11.9 Å². The van der Waals surface area contributed by atoms with Crippen LogP contribution in [0.25, 0.3) is 0 Å². The van der Waals surface area contributed by atoms with Gasteiger partial charge in [-0.15, -0.1) is 0 Å². The molecule has 3 aliphatic rings. The van der Waals surface area contributed by atoms with E-state index in [0.29, 0.717) is 18.7 Å². The molecule has 152 valence electrons. The lowest BCUT2D eigenvalue weighted by atomic mass is 9.70. The van der Waals surface area contributed by atoms with Gasteiger partial charge in [0.05, 0.1) is 5.92 Å². The van der Waals surface area contributed by atoms with Crippen molar-refractivity contribution in [3.63, 3.8) is 0 Å². The summed E-state index contributed by atoms with van der Waals surface area (Å²) in [7, 11) is 0. The number of nitrogens with zero attached hydrogens (tertiary/aromatic N) is 2. The Kier molecular flexibility index (Phi) is 5.72. The van der Waals surface area contributed by atoms with Crippen LogP contribution in [0.5, 0.6) is 0 Å². The highest BCUT2D eigenvalue weighted by molar-refractivity contribution is 5.95. The number of likely N-dealkylation sites (tertiary alicyclic amines) is 2. The SMILES string of the molecule is O=C(O)C1CN(C(=O)c2ccccc2)CC12CCN(CC1CCCCC1)CC2. The van der Waals surface area contributed by atoms with E-state index in [9.17, 15) is 14.7 Å². The summed E-state index contributed by atoms with van der Waals surface area (Å²) in [6.45, 7) is 4.02. The molecule has 5 nitrogen and oxygen atoms in total. The molecule has 3 fully saturated rings. The van der Waals surface area contributed by atoms with Gasteiger partial charge in [-0.1, -0.05) is 37.5 Å². The van der Waals surface area contributed by atoms with Crippen LogP contribution < -0.4 is 0 Å². The molecular weight excluding hydrogens is 352 g/mol. The Morgan fingerprint density at radius 2 is 1.71 bits per heavy atom. The molecule has 2 aliphatic heterocycles. The minimum Gasteiger partial charge on any atom is -0.481 e. The third-order valence-electron chi connectivity index (χ3n) is 7.35. The normalized spacial score (nSPS) is 25.9. The minimum atomic E-state index is -0.746. The maximum atomic E-state index is 12.9. The lowest BCUT2D eigenvalue weighted by Gasteiger charge is -2.42. The van der Waals surface area contributed by atoms with Crippen LogP contribution in [0.2, 0.25) is 0 Å². The van der Waals surface area contributed by atoms with Crippen LogP contribution in [-0.4, -0.2) is 59.5 Å². The maximum absolute atomic E-state index is 12.9. The smallest absolute Gasteiger partial charge is 0.308 e. The fourth-order valence-corrected chi connectivity index (χ4v) is 5.65. The number of carboxylic acids is 1. The number of carbonyl (C=O) groups is 2. The Balaban J connectivity index is 1.41. The summed E-state index contributed by atoms with van der Waals surface area (Å²) in [4.78, 5) is 29.2. The predicted octanol–water partition coefficient (Wildman–Crippen LogP) is 3.51. The van der Waals surface area contributed by atoms with Crippen LogP contribution in [0.1, 0.15) is 55.3 Å². The van der Waals surface area contributed by atoms with Gasteiger partial charge < -0.3 is 14.9 Å². The summed E-state index contributed by atoms with van der Waals surface area (Å²) in [5.74, 6) is -0.410. The number of carboxylic acid groups (broad SMARTS) is 1. The summed E-state index contributed by atoms with van der Waals surface area (Å²) in [6, 6.07) is 9.24. The van der Waals surface area contributed by atoms with Gasteiger partial charge in [-0.2, -0.15) is 0 Å². The van der Waals surface area contributed by atoms with Crippen molar-refractivity contribution in [1.29, 1.82) is 0 Å². The van der Waals surface area contributed by atoms with Gasteiger partial charge in [0.2, 0.25) is 0 Å². The second-order valence-electron chi connectivity index (χ2n) is 9.11. The minimum absolute atomic E-state index is 0.0339. The Hall–Kier alpha value is -1.88. The zero-order valence-corrected chi connectivity index (χ0v) is 16.7. The van der Waals surface area contributed by atoms with Gasteiger partial charge >= 0.3 is 5.97 Å². The van der Waals surface area contributed by atoms with Gasteiger partial charge in [-0.05, 0) is 56.8 Å². The molecule has 2 saturated heterocycles. The summed E-state index contributed by atoms with van der Waals surface area (Å²) in [5.41, 5.74) is 0.387. The number of hydrogen-bond donors (Lipinski definition) is 1. The number of piperidine rings is 1. The van der Waals surface area contributed by atoms with Gasteiger partial charge in [0.15, 0.2) is 0 Å². The molecule has 1 aromatic carbocycles. The first-order valence-electron chi connectivity index (χ1n) is 10.9. The topological polar surface area (TPSA) is 60.9 Å². The van der Waals surface area contributed by atoms with Gasteiger partial charge in [0.1, 0.15) is 0 Å². The Morgan fingerprint density at radius 1 is 1.04 bits per heavy atom. The van der Waals surface area contributed by atoms with E-state index in [1.807, 2.05) is 30.3 Å². The highest BCUT2D eigenvalue weighted by Crippen LogP contribution is 2.45. The first-order valence-corrected chi connectivity index (χ1v) is 10.9. The largest absolute Gasteiger partial charge is 0.481 e. The van der Waals surface area contributed by atoms with Crippen molar-refractivity contribution in [1.82, 2.24) is 9.80 Å². The monoisotopic (exact) mass is 384 g/mol. The van der Waals surface area contributed by atoms with Crippen LogP contribution in [-0.2, 0) is 4.79 Å². The fraction of sp³-hybridized carbons (Fsp3) is 0.652. The summed E-state index contributed by atoms with van der Waals surface area (Å²) >= 11 is 0. The lowest BCUT2D eigenvalue weighted by molar-refractivity contribution is -0.145. The molecular formula is C23H32N2O3. The van der Waals surface area contributed by atoms with E-state index >= 15 is 0 Å². The Bertz CT molecular complexity index is 691. The summed E-state index contributed by atoms with van der Waals surface area (Å²) in [5, 5.41) is 9.88. The molecule has 2 heterocycles. The molecule has 4 rings (SSSR count). The number of benzene rings is 1. The van der Waals surface area contributed by atoms with Gasteiger partial charge in [-0.25, -0.2) is 0 Å². The second-order valence-corrected chi connectivity index (χ2v) is 9.11. The van der Waals surface area contributed by atoms with Crippen LogP contribution >= 0.6 is 0 Å². The third kappa shape index (κ3) is 3.95. The molecule has 0 radical (unpaired) electrons. The lowest BCUT2D eigenvalue weighted by Crippen LogP contribution is -2.47. The number of rotatable bonds is 4. The number of hydrogen-bond acceptors (Lipinski definition) is 3. The third-order valence-corrected chi connectivity index (χ3v) is 7.35. The molecule has 1 unspecified atom stereocenters. The van der Waals surface area contributed by atoms with Gasteiger partial charge in [0, 0.05) is 30.6 Å². The molecule has 1 N–H and O–H groups in total. The maximum Gasteiger partial charge on any atom is 0.308 e. The van der Waals surface area contributed by atoms with Crippen molar-refractivity contribution in [2.45, 2.75) is 44.9 Å². The van der Waals surface area contributed by atoms with Crippen LogP contribution in [0.15, 0.2) is 30.3 Å². The predicted molar refractivity (Wildman–Crippen MR) is 108 cm³/mol. The number of amides is 1. The summed E-state index contributed by atoms with van der Waals surface area (Å²) < 4.78 is 0. The zero-order chi connectivity index (χ0) is 19.6. The molecule has 1 aliphatic carbocycles. The van der Waals surface area contributed by atoms with Crippen LogP contribution in [0, 0.1) is 17.3 Å². The van der Waals surface area contributed by atoms with Crippen LogP contribution in [0.3, 0.4) is 0 Å². The standard InChI is InChI=1S/C23H32N2O3/c26-21(19-9-5-2-6-10-19)25-16-20(22(27)28)23(17-25)11-13-24(14-12-23)15-18-7-3-1-4-8-18/h2,5-6,9-10,18,20H,1,3-4,7-8,11-17H2,(H,27,28). The quantitative estimate of drug-likeness (QED) is 0.863. The Morgan fingerprint density at radius 3 is 2.36 bits per heavy atom. The Labute approximate surface area is 167 Å². The van der Waals surface area contributed by atoms with E-state index in [1.165, 1.54) is 38.6 Å². The van der Waals surface area contributed by atoms with E-state index in [1.54, 1.807) is 4.90 Å². The van der Waals surface area contributed by atoms with Crippen LogP contribution in [0.4, 0.5) is 0 Å². The highest BCUT2D eigenvalue weighted by Gasteiger charge is 2.52. The van der Waals surface area contributed by atoms with Crippen molar-refractivity contribution in [2.75, 3.05) is 32.7 Å². The second kappa shape index (κ2) is 8.24. The first kappa shape index (κ1) is 19.4. The van der Waals surface area contributed by atoms with E-state index in [0.717, 1.165) is 31.8 Å². The van der Waals surface area contributed by atoms with E-state index in [-0.39, 0.29) is 11.3 Å². The first-order chi connectivity index (χ1) is 13.6. The van der Waals surface area contributed by atoms with Gasteiger partial charge in [0.25, 0.3) is 5.91 Å². The molecule has 1 spiro atoms. The van der Waals surface area contributed by atoms with Crippen molar-refractivity contribution in [2.24, 2.45) is 17.3 Å². The van der Waals surface area contributed by atoms with Gasteiger partial charge in [-0.3, -0.25) is 9.59 Å². The molecule has 1 amide bonds. The van der Waals surface area contributed by atoms with Crippen molar-refractivity contribution in [3.05, 3.63) is 35.9 Å². The number of carbonyl (C=O) groups excluding carboxylic acids is 1. The molecule has 0 bridgehead atoms. The molecule has 28 heavy (non-hydrogen) atoms. The van der Waals surface area contributed by atoms with Crippen molar-refractivity contribution >= 4 is 11.9 Å². The zero-order valence-electron chi connectivity index (χ0n) is 16.7. The molecule has 0 aromatic heterocycles. The van der Waals surface area contributed by atoms with Crippen molar-refractivity contribution < 1.29 is 14.7 Å². The average Bonchev–Trinajstić information content (AvgIpc) is 3.10. The fourth-order valence-electron chi connectivity index (χ4n) is 5.65. The van der Waals surface area contributed by atoms with E-state index in [2.05, 4.69) is 4.90 Å². The average molecular weight is 385 g/mol. The molecule has 1 aromatic rings.